The highest BCUT2D eigenvalue weighted by molar-refractivity contribution is 7.21. The molecule has 0 aliphatic heterocycles. The summed E-state index contributed by atoms with van der Waals surface area (Å²) < 4.78 is 37.0. The number of nitrogens with two attached hydrogens (primary N) is 1. The molecule has 8 heteroatoms. The van der Waals surface area contributed by atoms with Gasteiger partial charge in [-0.3, -0.25) is 4.79 Å². The molecule has 0 fully saturated rings. The first-order chi connectivity index (χ1) is 9.20. The van der Waals surface area contributed by atoms with Crippen LogP contribution in [0.15, 0.2) is 12.3 Å². The van der Waals surface area contributed by atoms with Crippen LogP contribution in [0.4, 0.5) is 18.9 Å². The van der Waals surface area contributed by atoms with E-state index in [1.54, 1.807) is 19.2 Å². The minimum absolute atomic E-state index is 0.0913. The molecule has 0 atom stereocenters. The molecule has 0 radical (unpaired) electrons. The molecule has 0 unspecified atom stereocenters. The summed E-state index contributed by atoms with van der Waals surface area (Å²) in [5, 5.41) is 0.626. The number of aryl methyl sites for hydroxylation is 1. The minimum atomic E-state index is -4.44. The van der Waals surface area contributed by atoms with Gasteiger partial charge in [-0.2, -0.15) is 13.2 Å². The van der Waals surface area contributed by atoms with E-state index < -0.39 is 18.6 Å². The number of pyridine rings is 1. The number of carbonyl (C=O) groups excluding carboxylic acids is 1. The van der Waals surface area contributed by atoms with Gasteiger partial charge in [0.05, 0.1) is 5.69 Å². The van der Waals surface area contributed by atoms with Crippen molar-refractivity contribution in [2.24, 2.45) is 0 Å². The molecule has 20 heavy (non-hydrogen) atoms. The molecule has 2 aromatic rings. The quantitative estimate of drug-likeness (QED) is 0.928. The van der Waals surface area contributed by atoms with Gasteiger partial charge in [-0.25, -0.2) is 4.98 Å². The summed E-state index contributed by atoms with van der Waals surface area (Å²) in [6.45, 7) is 0.493. The zero-order chi connectivity index (χ0) is 15.1. The standard InChI is InChI=1S/C12H12F3N3OS/c1-6-3-4-17-10-7(6)8(16)9(20-10)11(19)18(2)5-12(13,14)15/h3-4H,5,16H2,1-2H3. The Hall–Kier alpha value is -1.83. The highest BCUT2D eigenvalue weighted by atomic mass is 32.1. The van der Waals surface area contributed by atoms with Gasteiger partial charge in [0, 0.05) is 18.6 Å². The van der Waals surface area contributed by atoms with Crippen LogP contribution in [0.1, 0.15) is 15.2 Å². The minimum Gasteiger partial charge on any atom is -0.397 e. The maximum absolute atomic E-state index is 12.3. The first-order valence-corrected chi connectivity index (χ1v) is 6.48. The molecule has 2 N–H and O–H groups in total. The van der Waals surface area contributed by atoms with Gasteiger partial charge in [0.2, 0.25) is 0 Å². The summed E-state index contributed by atoms with van der Waals surface area (Å²) in [6, 6.07) is 1.74. The summed E-state index contributed by atoms with van der Waals surface area (Å²) in [6.07, 6.45) is -2.87. The molecular formula is C12H12F3N3OS. The molecule has 0 aliphatic rings. The number of fused-ring (bicyclic) bond motifs is 1. The second kappa shape index (κ2) is 4.93. The smallest absolute Gasteiger partial charge is 0.397 e. The zero-order valence-electron chi connectivity index (χ0n) is 10.8. The van der Waals surface area contributed by atoms with Crippen molar-refractivity contribution in [3.05, 3.63) is 22.7 Å². The van der Waals surface area contributed by atoms with E-state index >= 15 is 0 Å². The lowest BCUT2D eigenvalue weighted by Crippen LogP contribution is -2.35. The second-order valence-electron chi connectivity index (χ2n) is 4.43. The van der Waals surface area contributed by atoms with Gasteiger partial charge in [0.15, 0.2) is 0 Å². The number of amides is 1. The van der Waals surface area contributed by atoms with E-state index in [1.165, 1.54) is 0 Å². The Morgan fingerprint density at radius 3 is 2.70 bits per heavy atom. The summed E-state index contributed by atoms with van der Waals surface area (Å²) in [5.41, 5.74) is 6.91. The fraction of sp³-hybridized carbons (Fsp3) is 0.333. The number of nitrogen functional groups attached to an aromatic ring is 1. The predicted molar refractivity (Wildman–Crippen MR) is 71.8 cm³/mol. The number of aromatic nitrogens is 1. The third-order valence-corrected chi connectivity index (χ3v) is 3.90. The van der Waals surface area contributed by atoms with E-state index in [4.69, 9.17) is 5.73 Å². The molecule has 2 heterocycles. The SMILES string of the molecule is Cc1ccnc2sc(C(=O)N(C)CC(F)(F)F)c(N)c12. The first-order valence-electron chi connectivity index (χ1n) is 5.66. The van der Waals surface area contributed by atoms with Gasteiger partial charge in [-0.05, 0) is 18.6 Å². The molecule has 2 aromatic heterocycles. The van der Waals surface area contributed by atoms with Crippen LogP contribution in [0.3, 0.4) is 0 Å². The number of carbonyl (C=O) groups is 1. The Bertz CT molecular complexity index is 666. The molecule has 108 valence electrons. The van der Waals surface area contributed by atoms with Gasteiger partial charge in [0.1, 0.15) is 16.3 Å². The van der Waals surface area contributed by atoms with Crippen molar-refractivity contribution >= 4 is 33.1 Å². The van der Waals surface area contributed by atoms with Crippen molar-refractivity contribution in [2.75, 3.05) is 19.3 Å². The van der Waals surface area contributed by atoms with Crippen LogP contribution in [0, 0.1) is 6.92 Å². The number of anilines is 1. The summed E-state index contributed by atoms with van der Waals surface area (Å²) in [7, 11) is 1.10. The highest BCUT2D eigenvalue weighted by Gasteiger charge is 2.32. The van der Waals surface area contributed by atoms with E-state index in [-0.39, 0.29) is 10.6 Å². The number of rotatable bonds is 2. The first kappa shape index (κ1) is 14.6. The average Bonchev–Trinajstić information content (AvgIpc) is 2.65. The van der Waals surface area contributed by atoms with E-state index in [0.717, 1.165) is 23.9 Å². The largest absolute Gasteiger partial charge is 0.406 e. The maximum atomic E-state index is 12.3. The van der Waals surface area contributed by atoms with Crippen LogP contribution < -0.4 is 5.73 Å². The fourth-order valence-corrected chi connectivity index (χ4v) is 3.01. The summed E-state index contributed by atoms with van der Waals surface area (Å²) in [5.74, 6) is -0.748. The van der Waals surface area contributed by atoms with Crippen LogP contribution in [0.25, 0.3) is 10.2 Å². The Balaban J connectivity index is 2.41. The van der Waals surface area contributed by atoms with Crippen molar-refractivity contribution in [1.29, 1.82) is 0 Å². The van der Waals surface area contributed by atoms with E-state index in [9.17, 15) is 18.0 Å². The van der Waals surface area contributed by atoms with Crippen molar-refractivity contribution < 1.29 is 18.0 Å². The van der Waals surface area contributed by atoms with Crippen LogP contribution >= 0.6 is 11.3 Å². The Kier molecular flexibility index (Phi) is 3.59. The zero-order valence-corrected chi connectivity index (χ0v) is 11.6. The molecule has 0 aromatic carbocycles. The topological polar surface area (TPSA) is 59.2 Å². The van der Waals surface area contributed by atoms with Crippen LogP contribution in [-0.4, -0.2) is 35.6 Å². The normalized spacial score (nSPS) is 11.8. The van der Waals surface area contributed by atoms with Crippen molar-refractivity contribution in [3.63, 3.8) is 0 Å². The molecular weight excluding hydrogens is 291 g/mol. The molecule has 0 saturated heterocycles. The Labute approximate surface area is 117 Å². The molecule has 0 spiro atoms. The number of hydrogen-bond donors (Lipinski definition) is 1. The van der Waals surface area contributed by atoms with Crippen molar-refractivity contribution in [1.82, 2.24) is 9.88 Å². The van der Waals surface area contributed by atoms with Gasteiger partial charge < -0.3 is 10.6 Å². The van der Waals surface area contributed by atoms with Crippen molar-refractivity contribution in [2.45, 2.75) is 13.1 Å². The third-order valence-electron chi connectivity index (χ3n) is 2.79. The summed E-state index contributed by atoms with van der Waals surface area (Å²) in [4.78, 5) is 17.4. The lowest BCUT2D eigenvalue weighted by Gasteiger charge is -2.18. The predicted octanol–water partition coefficient (Wildman–Crippen LogP) is 2.82. The number of halogens is 3. The van der Waals surface area contributed by atoms with Gasteiger partial charge in [0.25, 0.3) is 5.91 Å². The molecule has 0 bridgehead atoms. The van der Waals surface area contributed by atoms with Crippen LogP contribution in [0.2, 0.25) is 0 Å². The maximum Gasteiger partial charge on any atom is 0.406 e. The molecule has 1 amide bonds. The van der Waals surface area contributed by atoms with Crippen LogP contribution in [-0.2, 0) is 0 Å². The van der Waals surface area contributed by atoms with Gasteiger partial charge >= 0.3 is 6.18 Å². The molecule has 4 nitrogen and oxygen atoms in total. The highest BCUT2D eigenvalue weighted by Crippen LogP contribution is 2.35. The monoisotopic (exact) mass is 303 g/mol. The van der Waals surface area contributed by atoms with E-state index in [0.29, 0.717) is 15.1 Å². The number of alkyl halides is 3. The third kappa shape index (κ3) is 2.69. The second-order valence-corrected chi connectivity index (χ2v) is 5.43. The van der Waals surface area contributed by atoms with Gasteiger partial charge in [-0.1, -0.05) is 0 Å². The fourth-order valence-electron chi connectivity index (χ4n) is 1.88. The Morgan fingerprint density at radius 2 is 2.15 bits per heavy atom. The number of hydrogen-bond acceptors (Lipinski definition) is 4. The average molecular weight is 303 g/mol. The number of thiophene rings is 1. The van der Waals surface area contributed by atoms with E-state index in [1.807, 2.05) is 0 Å². The summed E-state index contributed by atoms with van der Waals surface area (Å²) >= 11 is 1.01. The lowest BCUT2D eigenvalue weighted by molar-refractivity contribution is -0.138. The Morgan fingerprint density at radius 1 is 1.50 bits per heavy atom. The number of nitrogens with zero attached hydrogens (tertiary/aromatic N) is 2. The molecule has 2 rings (SSSR count). The van der Waals surface area contributed by atoms with E-state index in [2.05, 4.69) is 4.98 Å². The molecule has 0 aliphatic carbocycles. The molecule has 0 saturated carbocycles. The van der Waals surface area contributed by atoms with Crippen molar-refractivity contribution in [3.8, 4) is 0 Å². The lowest BCUT2D eigenvalue weighted by atomic mass is 10.1. The van der Waals surface area contributed by atoms with Crippen LogP contribution in [0.5, 0.6) is 0 Å². The van der Waals surface area contributed by atoms with Gasteiger partial charge in [-0.15, -0.1) is 11.3 Å².